The molecule has 0 aliphatic carbocycles. The zero-order chi connectivity index (χ0) is 25.5. The standard InChI is InChI=1S/C26H24N4O4S2/c1-18(31)30-36(33,34)22-14-12-21(13-15-22)27-23(32)16-17-35-26-28-24(19-8-4-2-5-9-19)25(29-26)20-10-6-3-7-11-20/h2-15H,16-17H2,1H3,(H,27,32)(H,28,29)(H,30,31). The summed E-state index contributed by atoms with van der Waals surface area (Å²) >= 11 is 1.45. The van der Waals surface area contributed by atoms with Gasteiger partial charge in [0.05, 0.1) is 16.3 Å². The number of H-pyrrole nitrogens is 1. The molecule has 0 fully saturated rings. The number of imidazole rings is 1. The Morgan fingerprint density at radius 2 is 1.50 bits per heavy atom. The molecule has 0 unspecified atom stereocenters. The molecule has 1 heterocycles. The number of hydrogen-bond acceptors (Lipinski definition) is 6. The Morgan fingerprint density at radius 1 is 0.889 bits per heavy atom. The molecule has 184 valence electrons. The lowest BCUT2D eigenvalue weighted by atomic mass is 10.1. The van der Waals surface area contributed by atoms with Crippen LogP contribution in [0, 0.1) is 0 Å². The number of thioether (sulfide) groups is 1. The van der Waals surface area contributed by atoms with E-state index in [0.717, 1.165) is 29.4 Å². The van der Waals surface area contributed by atoms with Gasteiger partial charge < -0.3 is 10.3 Å². The lowest BCUT2D eigenvalue weighted by Gasteiger charge is -2.07. The van der Waals surface area contributed by atoms with E-state index in [-0.39, 0.29) is 17.2 Å². The van der Waals surface area contributed by atoms with Crippen molar-refractivity contribution in [2.24, 2.45) is 0 Å². The van der Waals surface area contributed by atoms with E-state index >= 15 is 0 Å². The number of benzene rings is 3. The van der Waals surface area contributed by atoms with Crippen molar-refractivity contribution in [1.82, 2.24) is 14.7 Å². The highest BCUT2D eigenvalue weighted by molar-refractivity contribution is 7.99. The highest BCUT2D eigenvalue weighted by atomic mass is 32.2. The number of rotatable bonds is 9. The summed E-state index contributed by atoms with van der Waals surface area (Å²) in [6.07, 6.45) is 0.235. The van der Waals surface area contributed by atoms with E-state index in [2.05, 4.69) is 10.3 Å². The van der Waals surface area contributed by atoms with E-state index < -0.39 is 15.9 Å². The molecule has 3 N–H and O–H groups in total. The zero-order valence-electron chi connectivity index (χ0n) is 19.4. The molecule has 4 rings (SSSR count). The highest BCUT2D eigenvalue weighted by Crippen LogP contribution is 2.32. The number of aromatic amines is 1. The van der Waals surface area contributed by atoms with Crippen LogP contribution < -0.4 is 10.0 Å². The first-order chi connectivity index (χ1) is 17.3. The van der Waals surface area contributed by atoms with Gasteiger partial charge in [-0.25, -0.2) is 18.1 Å². The van der Waals surface area contributed by atoms with Gasteiger partial charge >= 0.3 is 0 Å². The second-order valence-corrected chi connectivity index (χ2v) is 10.6. The van der Waals surface area contributed by atoms with Gasteiger partial charge in [-0.1, -0.05) is 72.4 Å². The molecule has 0 bridgehead atoms. The maximum atomic E-state index is 12.4. The van der Waals surface area contributed by atoms with Crippen molar-refractivity contribution >= 4 is 39.3 Å². The van der Waals surface area contributed by atoms with Crippen LogP contribution in [0.4, 0.5) is 5.69 Å². The largest absolute Gasteiger partial charge is 0.332 e. The summed E-state index contributed by atoms with van der Waals surface area (Å²) in [7, 11) is -3.92. The fraction of sp³-hybridized carbons (Fsp3) is 0.115. The van der Waals surface area contributed by atoms with Crippen molar-refractivity contribution in [3.63, 3.8) is 0 Å². The molecule has 1 aromatic heterocycles. The predicted octanol–water partition coefficient (Wildman–Crippen LogP) is 4.69. The van der Waals surface area contributed by atoms with Crippen molar-refractivity contribution in [3.05, 3.63) is 84.9 Å². The Kier molecular flexibility index (Phi) is 7.87. The maximum Gasteiger partial charge on any atom is 0.264 e. The summed E-state index contributed by atoms with van der Waals surface area (Å²) in [5.74, 6) is -0.386. The normalized spacial score (nSPS) is 11.1. The molecule has 8 nitrogen and oxygen atoms in total. The lowest BCUT2D eigenvalue weighted by molar-refractivity contribution is -0.117. The van der Waals surface area contributed by atoms with Crippen LogP contribution >= 0.6 is 11.8 Å². The Hall–Kier alpha value is -3.89. The van der Waals surface area contributed by atoms with Gasteiger partial charge in [0.2, 0.25) is 11.8 Å². The fourth-order valence-corrected chi connectivity index (χ4v) is 5.27. The van der Waals surface area contributed by atoms with Crippen molar-refractivity contribution in [1.29, 1.82) is 0 Å². The molecular weight excluding hydrogens is 496 g/mol. The first-order valence-electron chi connectivity index (χ1n) is 11.1. The van der Waals surface area contributed by atoms with E-state index in [1.54, 1.807) is 0 Å². The first-order valence-corrected chi connectivity index (χ1v) is 13.6. The van der Waals surface area contributed by atoms with E-state index in [1.165, 1.54) is 36.0 Å². The van der Waals surface area contributed by atoms with Crippen LogP contribution in [0.25, 0.3) is 22.5 Å². The first kappa shape index (κ1) is 25.2. The number of amides is 2. The predicted molar refractivity (Wildman–Crippen MR) is 141 cm³/mol. The summed E-state index contributed by atoms with van der Waals surface area (Å²) in [5, 5.41) is 3.47. The highest BCUT2D eigenvalue weighted by Gasteiger charge is 2.16. The summed E-state index contributed by atoms with van der Waals surface area (Å²) < 4.78 is 26.0. The maximum absolute atomic E-state index is 12.4. The number of anilines is 1. The van der Waals surface area contributed by atoms with Crippen LogP contribution in [0.3, 0.4) is 0 Å². The van der Waals surface area contributed by atoms with Crippen LogP contribution in [0.2, 0.25) is 0 Å². The summed E-state index contributed by atoms with van der Waals surface area (Å²) in [6.45, 7) is 1.12. The van der Waals surface area contributed by atoms with Gasteiger partial charge in [-0.2, -0.15) is 0 Å². The Morgan fingerprint density at radius 3 is 2.11 bits per heavy atom. The number of sulfonamides is 1. The molecule has 0 spiro atoms. The van der Waals surface area contributed by atoms with Crippen molar-refractivity contribution < 1.29 is 18.0 Å². The van der Waals surface area contributed by atoms with Crippen LogP contribution in [0.1, 0.15) is 13.3 Å². The average molecular weight is 521 g/mol. The third kappa shape index (κ3) is 6.41. The SMILES string of the molecule is CC(=O)NS(=O)(=O)c1ccc(NC(=O)CCSc2nc(-c3ccccc3)c(-c3ccccc3)[nH]2)cc1. The molecule has 2 amide bonds. The minimum absolute atomic E-state index is 0.0625. The third-order valence-electron chi connectivity index (χ3n) is 5.09. The summed E-state index contributed by atoms with van der Waals surface area (Å²) in [5.41, 5.74) is 4.26. The molecule has 0 atom stereocenters. The van der Waals surface area contributed by atoms with Crippen molar-refractivity contribution in [3.8, 4) is 22.5 Å². The molecular formula is C26H24N4O4S2. The Labute approximate surface area is 213 Å². The van der Waals surface area contributed by atoms with E-state index in [0.29, 0.717) is 16.6 Å². The Bertz CT molecular complexity index is 1400. The molecule has 10 heteroatoms. The smallest absolute Gasteiger partial charge is 0.264 e. The third-order valence-corrected chi connectivity index (χ3v) is 7.41. The number of nitrogens with zero attached hydrogens (tertiary/aromatic N) is 1. The minimum Gasteiger partial charge on any atom is -0.332 e. The molecule has 0 radical (unpaired) electrons. The second kappa shape index (κ2) is 11.2. The minimum atomic E-state index is -3.92. The number of carbonyl (C=O) groups is 2. The molecule has 0 saturated carbocycles. The lowest BCUT2D eigenvalue weighted by Crippen LogP contribution is -2.28. The van der Waals surface area contributed by atoms with E-state index in [4.69, 9.17) is 4.98 Å². The number of hydrogen-bond donors (Lipinski definition) is 3. The molecule has 0 saturated heterocycles. The van der Waals surface area contributed by atoms with Crippen LogP contribution in [-0.2, 0) is 19.6 Å². The number of carbonyl (C=O) groups excluding carboxylic acids is 2. The fourth-order valence-electron chi connectivity index (χ4n) is 3.47. The van der Waals surface area contributed by atoms with Crippen LogP contribution in [0.5, 0.6) is 0 Å². The molecule has 0 aliphatic rings. The van der Waals surface area contributed by atoms with Gasteiger partial charge in [-0.15, -0.1) is 0 Å². The topological polar surface area (TPSA) is 121 Å². The molecule has 4 aromatic rings. The van der Waals surface area contributed by atoms with Gasteiger partial charge in [-0.3, -0.25) is 9.59 Å². The van der Waals surface area contributed by atoms with E-state index in [9.17, 15) is 18.0 Å². The molecule has 3 aromatic carbocycles. The van der Waals surface area contributed by atoms with Gasteiger partial charge in [0.15, 0.2) is 5.16 Å². The average Bonchev–Trinajstić information content (AvgIpc) is 3.29. The van der Waals surface area contributed by atoms with E-state index in [1.807, 2.05) is 65.4 Å². The second-order valence-electron chi connectivity index (χ2n) is 7.83. The number of aromatic nitrogens is 2. The van der Waals surface area contributed by atoms with Crippen molar-refractivity contribution in [2.45, 2.75) is 23.4 Å². The van der Waals surface area contributed by atoms with Crippen LogP contribution in [0.15, 0.2) is 95.0 Å². The molecule has 0 aliphatic heterocycles. The quantitative estimate of drug-likeness (QED) is 0.275. The molecule has 36 heavy (non-hydrogen) atoms. The van der Waals surface area contributed by atoms with Gasteiger partial charge in [-0.05, 0) is 24.3 Å². The monoisotopic (exact) mass is 520 g/mol. The number of nitrogens with one attached hydrogen (secondary N) is 3. The zero-order valence-corrected chi connectivity index (χ0v) is 21.0. The Balaban J connectivity index is 1.38. The summed E-state index contributed by atoms with van der Waals surface area (Å²) in [4.78, 5) is 31.6. The van der Waals surface area contributed by atoms with Gasteiger partial charge in [0.1, 0.15) is 0 Å². The van der Waals surface area contributed by atoms with Gasteiger partial charge in [0, 0.05) is 35.9 Å². The van der Waals surface area contributed by atoms with Crippen LogP contribution in [-0.4, -0.2) is 36.0 Å². The van der Waals surface area contributed by atoms with Crippen molar-refractivity contribution in [2.75, 3.05) is 11.1 Å². The summed E-state index contributed by atoms with van der Waals surface area (Å²) in [6, 6.07) is 25.5. The van der Waals surface area contributed by atoms with Gasteiger partial charge in [0.25, 0.3) is 10.0 Å².